The summed E-state index contributed by atoms with van der Waals surface area (Å²) in [5.74, 6) is -0.0410. The monoisotopic (exact) mass is 355 g/mol. The number of hydrogen-bond acceptors (Lipinski definition) is 6. The fourth-order valence-electron chi connectivity index (χ4n) is 2.19. The lowest BCUT2D eigenvalue weighted by molar-refractivity contribution is -0.139. The van der Waals surface area contributed by atoms with Crippen molar-refractivity contribution >= 4 is 12.1 Å². The van der Waals surface area contributed by atoms with Crippen LogP contribution in [0, 0.1) is 0 Å². The van der Waals surface area contributed by atoms with Crippen LogP contribution in [0.2, 0.25) is 0 Å². The van der Waals surface area contributed by atoms with Gasteiger partial charge in [0.2, 0.25) is 5.75 Å². The van der Waals surface area contributed by atoms with E-state index >= 15 is 0 Å². The Labute approximate surface area is 147 Å². The number of carboxylic acids is 1. The molecule has 0 aliphatic carbocycles. The van der Waals surface area contributed by atoms with Gasteiger partial charge in [0.05, 0.1) is 21.3 Å². The molecule has 1 rings (SSSR count). The van der Waals surface area contributed by atoms with Gasteiger partial charge in [-0.25, -0.2) is 9.59 Å². The second kappa shape index (κ2) is 8.46. The number of carbonyl (C=O) groups is 2. The van der Waals surface area contributed by atoms with Crippen LogP contribution in [0.25, 0.3) is 0 Å². The SMILES string of the molecule is COc1ccc(CC(NC(=O)OC(C)(C)C)C(=O)O)c(OC)c1OC. The Bertz CT molecular complexity index is 622. The van der Waals surface area contributed by atoms with Crippen molar-refractivity contribution in [3.8, 4) is 17.2 Å². The predicted octanol–water partition coefficient (Wildman–Crippen LogP) is 2.23. The summed E-state index contributed by atoms with van der Waals surface area (Å²) in [6.07, 6.45) is -0.822. The predicted molar refractivity (Wildman–Crippen MR) is 90.6 cm³/mol. The molecule has 1 atom stereocenters. The van der Waals surface area contributed by atoms with Gasteiger partial charge in [0, 0.05) is 12.0 Å². The van der Waals surface area contributed by atoms with Crippen LogP contribution in [0.3, 0.4) is 0 Å². The summed E-state index contributed by atoms with van der Waals surface area (Å²) >= 11 is 0. The molecule has 0 saturated heterocycles. The van der Waals surface area contributed by atoms with E-state index in [9.17, 15) is 14.7 Å². The molecule has 0 saturated carbocycles. The van der Waals surface area contributed by atoms with Crippen LogP contribution in [-0.4, -0.2) is 50.1 Å². The topological polar surface area (TPSA) is 103 Å². The first-order valence-electron chi connectivity index (χ1n) is 7.63. The van der Waals surface area contributed by atoms with Gasteiger partial charge in [-0.2, -0.15) is 0 Å². The largest absolute Gasteiger partial charge is 0.493 e. The maximum atomic E-state index is 11.9. The van der Waals surface area contributed by atoms with Gasteiger partial charge in [-0.1, -0.05) is 6.07 Å². The number of ether oxygens (including phenoxy) is 4. The number of carboxylic acid groups (broad SMARTS) is 1. The highest BCUT2D eigenvalue weighted by Gasteiger charge is 2.26. The molecule has 0 fully saturated rings. The molecule has 2 N–H and O–H groups in total. The maximum Gasteiger partial charge on any atom is 0.408 e. The highest BCUT2D eigenvalue weighted by molar-refractivity contribution is 5.80. The standard InChI is InChI=1S/C17H25NO7/c1-17(2,3)25-16(21)18-11(15(19)20)9-10-7-8-12(22-4)14(24-6)13(10)23-5/h7-8,11H,9H2,1-6H3,(H,18,21)(H,19,20). The van der Waals surface area contributed by atoms with Crippen molar-refractivity contribution in [1.82, 2.24) is 5.32 Å². The first kappa shape index (κ1) is 20.4. The summed E-state index contributed by atoms with van der Waals surface area (Å²) < 4.78 is 20.9. The average molecular weight is 355 g/mol. The lowest BCUT2D eigenvalue weighted by Gasteiger charge is -2.22. The second-order valence-corrected chi connectivity index (χ2v) is 6.23. The number of benzene rings is 1. The van der Waals surface area contributed by atoms with Gasteiger partial charge >= 0.3 is 12.1 Å². The molecule has 140 valence electrons. The van der Waals surface area contributed by atoms with E-state index in [1.54, 1.807) is 32.9 Å². The van der Waals surface area contributed by atoms with E-state index in [0.717, 1.165) is 0 Å². The van der Waals surface area contributed by atoms with E-state index in [1.807, 2.05) is 0 Å². The van der Waals surface area contributed by atoms with Crippen molar-refractivity contribution in [2.75, 3.05) is 21.3 Å². The zero-order valence-electron chi connectivity index (χ0n) is 15.3. The molecule has 1 unspecified atom stereocenters. The molecule has 0 spiro atoms. The molecule has 8 heteroatoms. The smallest absolute Gasteiger partial charge is 0.408 e. The first-order valence-corrected chi connectivity index (χ1v) is 7.63. The number of carbonyl (C=O) groups excluding carboxylic acids is 1. The van der Waals surface area contributed by atoms with Crippen molar-refractivity contribution in [3.05, 3.63) is 17.7 Å². The number of methoxy groups -OCH3 is 3. The Morgan fingerprint density at radius 1 is 1.08 bits per heavy atom. The van der Waals surface area contributed by atoms with Crippen LogP contribution in [0.5, 0.6) is 17.2 Å². The molecule has 1 aromatic rings. The van der Waals surface area contributed by atoms with E-state index < -0.39 is 23.7 Å². The van der Waals surface area contributed by atoms with E-state index in [2.05, 4.69) is 5.32 Å². The Kier molecular flexibility index (Phi) is 6.90. The van der Waals surface area contributed by atoms with E-state index in [1.165, 1.54) is 21.3 Å². The summed E-state index contributed by atoms with van der Waals surface area (Å²) in [6.45, 7) is 5.08. The zero-order valence-corrected chi connectivity index (χ0v) is 15.3. The molecule has 0 heterocycles. The minimum Gasteiger partial charge on any atom is -0.493 e. The number of rotatable bonds is 7. The van der Waals surface area contributed by atoms with Crippen molar-refractivity contribution in [2.24, 2.45) is 0 Å². The van der Waals surface area contributed by atoms with Crippen molar-refractivity contribution in [2.45, 2.75) is 38.8 Å². The molecule has 25 heavy (non-hydrogen) atoms. The summed E-state index contributed by atoms with van der Waals surface area (Å²) in [5.41, 5.74) is -0.183. The maximum absolute atomic E-state index is 11.9. The van der Waals surface area contributed by atoms with Gasteiger partial charge in [0.15, 0.2) is 11.5 Å². The third-order valence-corrected chi connectivity index (χ3v) is 3.20. The van der Waals surface area contributed by atoms with Gasteiger partial charge in [0.1, 0.15) is 11.6 Å². The molecule has 0 aromatic heterocycles. The van der Waals surface area contributed by atoms with Crippen LogP contribution in [0.15, 0.2) is 12.1 Å². The number of nitrogens with one attached hydrogen (secondary N) is 1. The molecule has 0 aliphatic heterocycles. The molecule has 8 nitrogen and oxygen atoms in total. The number of amides is 1. The number of alkyl carbamates (subject to hydrolysis) is 1. The molecule has 0 bridgehead atoms. The zero-order chi connectivity index (χ0) is 19.2. The molecule has 1 amide bonds. The molecule has 0 aliphatic rings. The van der Waals surface area contributed by atoms with Crippen LogP contribution >= 0.6 is 0 Å². The Morgan fingerprint density at radius 2 is 1.68 bits per heavy atom. The quantitative estimate of drug-likeness (QED) is 0.773. The Morgan fingerprint density at radius 3 is 2.12 bits per heavy atom. The highest BCUT2D eigenvalue weighted by atomic mass is 16.6. The number of aliphatic carboxylic acids is 1. The summed E-state index contributed by atoms with van der Waals surface area (Å²) in [5, 5.41) is 11.8. The Hall–Kier alpha value is -2.64. The average Bonchev–Trinajstić information content (AvgIpc) is 2.51. The van der Waals surface area contributed by atoms with Gasteiger partial charge in [-0.05, 0) is 26.8 Å². The van der Waals surface area contributed by atoms with Gasteiger partial charge in [-0.3, -0.25) is 0 Å². The lowest BCUT2D eigenvalue weighted by atomic mass is 10.0. The number of hydrogen-bond donors (Lipinski definition) is 2. The fraction of sp³-hybridized carbons (Fsp3) is 0.529. The summed E-state index contributed by atoms with van der Waals surface area (Å²) in [4.78, 5) is 23.4. The first-order chi connectivity index (χ1) is 11.6. The summed E-state index contributed by atoms with van der Waals surface area (Å²) in [6, 6.07) is 2.11. The lowest BCUT2D eigenvalue weighted by Crippen LogP contribution is -2.44. The van der Waals surface area contributed by atoms with Crippen molar-refractivity contribution in [3.63, 3.8) is 0 Å². The molecular weight excluding hydrogens is 330 g/mol. The summed E-state index contributed by atoms with van der Waals surface area (Å²) in [7, 11) is 4.39. The molecule has 0 radical (unpaired) electrons. The van der Waals surface area contributed by atoms with E-state index in [-0.39, 0.29) is 6.42 Å². The van der Waals surface area contributed by atoms with Crippen LogP contribution in [0.1, 0.15) is 26.3 Å². The van der Waals surface area contributed by atoms with Crippen LogP contribution in [-0.2, 0) is 16.0 Å². The normalized spacial score (nSPS) is 12.1. The van der Waals surface area contributed by atoms with Crippen LogP contribution in [0.4, 0.5) is 4.79 Å². The minimum atomic E-state index is -1.19. The van der Waals surface area contributed by atoms with Gasteiger partial charge in [-0.15, -0.1) is 0 Å². The third-order valence-electron chi connectivity index (χ3n) is 3.20. The van der Waals surface area contributed by atoms with E-state index in [4.69, 9.17) is 18.9 Å². The highest BCUT2D eigenvalue weighted by Crippen LogP contribution is 2.40. The molecule has 1 aromatic carbocycles. The fourth-order valence-corrected chi connectivity index (χ4v) is 2.19. The van der Waals surface area contributed by atoms with Crippen molar-refractivity contribution in [1.29, 1.82) is 0 Å². The van der Waals surface area contributed by atoms with Crippen molar-refractivity contribution < 1.29 is 33.6 Å². The van der Waals surface area contributed by atoms with Gasteiger partial charge < -0.3 is 29.4 Å². The van der Waals surface area contributed by atoms with Gasteiger partial charge in [0.25, 0.3) is 0 Å². The minimum absolute atomic E-state index is 0.0158. The molecular formula is C17H25NO7. The Balaban J connectivity index is 3.06. The van der Waals surface area contributed by atoms with E-state index in [0.29, 0.717) is 22.8 Å². The van der Waals surface area contributed by atoms with Crippen LogP contribution < -0.4 is 19.5 Å². The second-order valence-electron chi connectivity index (χ2n) is 6.23. The third kappa shape index (κ3) is 5.74.